The number of aliphatic carboxylic acids is 1. The standard InChI is InChI=1S/C23H25NO6/c1-23(2,3)30-22(28)24-19(21(26)27)13-18(20(24)25)16-9-11-17(12-10-16)29-14-15-7-5-4-6-8-15/h4-12,18-19H,13-14H2,1-3H3,(H,26,27)/t18-,19+/m0/s1. The Bertz CT molecular complexity index is 917. The number of carbonyl (C=O) groups excluding carboxylic acids is 2. The molecule has 0 aliphatic carbocycles. The Morgan fingerprint density at radius 2 is 1.70 bits per heavy atom. The summed E-state index contributed by atoms with van der Waals surface area (Å²) >= 11 is 0. The summed E-state index contributed by atoms with van der Waals surface area (Å²) in [5.41, 5.74) is 0.824. The molecule has 1 aliphatic rings. The molecule has 1 saturated heterocycles. The third-order valence-corrected chi connectivity index (χ3v) is 4.71. The summed E-state index contributed by atoms with van der Waals surface area (Å²) in [6, 6.07) is 15.4. The van der Waals surface area contributed by atoms with Crippen molar-refractivity contribution in [1.29, 1.82) is 0 Å². The first kappa shape index (κ1) is 21.4. The third-order valence-electron chi connectivity index (χ3n) is 4.71. The number of carbonyl (C=O) groups is 3. The van der Waals surface area contributed by atoms with E-state index in [1.165, 1.54) is 0 Å². The van der Waals surface area contributed by atoms with E-state index in [1.807, 2.05) is 30.3 Å². The Kier molecular flexibility index (Phi) is 6.10. The summed E-state index contributed by atoms with van der Waals surface area (Å²) in [7, 11) is 0. The predicted molar refractivity (Wildman–Crippen MR) is 109 cm³/mol. The van der Waals surface area contributed by atoms with Crippen molar-refractivity contribution in [3.05, 3.63) is 65.7 Å². The van der Waals surface area contributed by atoms with Crippen molar-refractivity contribution in [3.8, 4) is 5.75 Å². The van der Waals surface area contributed by atoms with Gasteiger partial charge in [0.2, 0.25) is 5.91 Å². The van der Waals surface area contributed by atoms with Crippen LogP contribution in [0.3, 0.4) is 0 Å². The van der Waals surface area contributed by atoms with Crippen LogP contribution in [0.4, 0.5) is 4.79 Å². The Hall–Kier alpha value is -3.35. The smallest absolute Gasteiger partial charge is 0.417 e. The number of rotatable bonds is 5. The number of hydrogen-bond donors (Lipinski definition) is 1. The lowest BCUT2D eigenvalue weighted by Crippen LogP contribution is -2.45. The van der Waals surface area contributed by atoms with Crippen LogP contribution in [0.2, 0.25) is 0 Å². The van der Waals surface area contributed by atoms with Gasteiger partial charge in [0.15, 0.2) is 0 Å². The van der Waals surface area contributed by atoms with Gasteiger partial charge in [-0.2, -0.15) is 0 Å². The van der Waals surface area contributed by atoms with Crippen LogP contribution in [-0.2, 0) is 20.9 Å². The summed E-state index contributed by atoms with van der Waals surface area (Å²) in [5, 5.41) is 9.51. The Labute approximate surface area is 175 Å². The molecule has 0 spiro atoms. The van der Waals surface area contributed by atoms with Gasteiger partial charge in [-0.1, -0.05) is 42.5 Å². The number of nitrogens with zero attached hydrogens (tertiary/aromatic N) is 1. The van der Waals surface area contributed by atoms with Gasteiger partial charge in [0.25, 0.3) is 0 Å². The highest BCUT2D eigenvalue weighted by atomic mass is 16.6. The first-order valence-corrected chi connectivity index (χ1v) is 9.71. The molecule has 1 aliphatic heterocycles. The number of carboxylic acid groups (broad SMARTS) is 1. The van der Waals surface area contributed by atoms with Crippen molar-refractivity contribution in [3.63, 3.8) is 0 Å². The Balaban J connectivity index is 1.72. The number of hydrogen-bond acceptors (Lipinski definition) is 5. The molecular weight excluding hydrogens is 386 g/mol. The van der Waals surface area contributed by atoms with Gasteiger partial charge in [-0.3, -0.25) is 4.79 Å². The summed E-state index contributed by atoms with van der Waals surface area (Å²) in [4.78, 5) is 37.7. The summed E-state index contributed by atoms with van der Waals surface area (Å²) in [5.74, 6) is -1.91. The van der Waals surface area contributed by atoms with Crippen molar-refractivity contribution in [2.24, 2.45) is 0 Å². The van der Waals surface area contributed by atoms with E-state index in [-0.39, 0.29) is 6.42 Å². The highest BCUT2D eigenvalue weighted by Crippen LogP contribution is 2.35. The molecule has 0 saturated carbocycles. The van der Waals surface area contributed by atoms with Crippen molar-refractivity contribution in [2.45, 2.75) is 51.4 Å². The highest BCUT2D eigenvalue weighted by molar-refractivity contribution is 6.02. The van der Waals surface area contributed by atoms with Gasteiger partial charge in [0.05, 0.1) is 5.92 Å². The van der Waals surface area contributed by atoms with Crippen LogP contribution in [0.15, 0.2) is 54.6 Å². The zero-order valence-electron chi connectivity index (χ0n) is 17.2. The molecule has 2 aromatic carbocycles. The normalized spacial score (nSPS) is 18.9. The van der Waals surface area contributed by atoms with Crippen LogP contribution in [0.5, 0.6) is 5.75 Å². The maximum Gasteiger partial charge on any atom is 0.417 e. The van der Waals surface area contributed by atoms with Crippen molar-refractivity contribution in [1.82, 2.24) is 4.90 Å². The average Bonchev–Trinajstić information content (AvgIpc) is 3.04. The number of benzene rings is 2. The molecule has 0 unspecified atom stereocenters. The lowest BCUT2D eigenvalue weighted by Gasteiger charge is -2.25. The zero-order valence-corrected chi connectivity index (χ0v) is 17.2. The van der Waals surface area contributed by atoms with E-state index in [2.05, 4.69) is 0 Å². The minimum Gasteiger partial charge on any atom is -0.489 e. The largest absolute Gasteiger partial charge is 0.489 e. The van der Waals surface area contributed by atoms with E-state index in [0.29, 0.717) is 17.9 Å². The molecule has 2 aromatic rings. The van der Waals surface area contributed by atoms with E-state index in [1.54, 1.807) is 45.0 Å². The second-order valence-electron chi connectivity index (χ2n) is 8.17. The molecule has 2 amide bonds. The van der Waals surface area contributed by atoms with E-state index in [0.717, 1.165) is 10.5 Å². The van der Waals surface area contributed by atoms with Gasteiger partial charge in [0, 0.05) is 0 Å². The molecule has 1 heterocycles. The van der Waals surface area contributed by atoms with Gasteiger partial charge < -0.3 is 14.6 Å². The first-order valence-electron chi connectivity index (χ1n) is 9.71. The topological polar surface area (TPSA) is 93.1 Å². The molecule has 0 radical (unpaired) electrons. The summed E-state index contributed by atoms with van der Waals surface area (Å²) in [6.45, 7) is 5.39. The van der Waals surface area contributed by atoms with Crippen LogP contribution in [0, 0.1) is 0 Å². The molecule has 1 fully saturated rings. The Morgan fingerprint density at radius 1 is 1.07 bits per heavy atom. The molecule has 30 heavy (non-hydrogen) atoms. The van der Waals surface area contributed by atoms with E-state index < -0.39 is 35.5 Å². The second kappa shape index (κ2) is 8.57. The van der Waals surface area contributed by atoms with Crippen LogP contribution < -0.4 is 4.74 Å². The average molecular weight is 411 g/mol. The van der Waals surface area contributed by atoms with E-state index in [4.69, 9.17) is 9.47 Å². The SMILES string of the molecule is CC(C)(C)OC(=O)N1C(=O)[C@H](c2ccc(OCc3ccccc3)cc2)C[C@@H]1C(=O)O. The van der Waals surface area contributed by atoms with Gasteiger partial charge in [-0.05, 0) is 50.5 Å². The number of carboxylic acids is 1. The minimum atomic E-state index is -1.26. The monoisotopic (exact) mass is 411 g/mol. The quantitative estimate of drug-likeness (QED) is 0.800. The molecular formula is C23H25NO6. The maximum absolute atomic E-state index is 12.9. The van der Waals surface area contributed by atoms with E-state index in [9.17, 15) is 19.5 Å². The van der Waals surface area contributed by atoms with Gasteiger partial charge in [-0.25, -0.2) is 14.5 Å². The van der Waals surface area contributed by atoms with Gasteiger partial charge in [0.1, 0.15) is 24.0 Å². The van der Waals surface area contributed by atoms with Crippen LogP contribution >= 0.6 is 0 Å². The minimum absolute atomic E-state index is 0.00235. The van der Waals surface area contributed by atoms with Gasteiger partial charge in [-0.15, -0.1) is 0 Å². The second-order valence-corrected chi connectivity index (χ2v) is 8.17. The lowest BCUT2D eigenvalue weighted by atomic mass is 9.96. The molecule has 7 heteroatoms. The molecule has 1 N–H and O–H groups in total. The fourth-order valence-corrected chi connectivity index (χ4v) is 3.31. The van der Waals surface area contributed by atoms with Crippen LogP contribution in [-0.4, -0.2) is 39.6 Å². The fourth-order valence-electron chi connectivity index (χ4n) is 3.31. The number of likely N-dealkylation sites (tertiary alicyclic amines) is 1. The maximum atomic E-state index is 12.9. The molecule has 0 aromatic heterocycles. The van der Waals surface area contributed by atoms with Crippen LogP contribution in [0.25, 0.3) is 0 Å². The van der Waals surface area contributed by atoms with Crippen molar-refractivity contribution >= 4 is 18.0 Å². The fraction of sp³-hybridized carbons (Fsp3) is 0.348. The number of ether oxygens (including phenoxy) is 2. The third kappa shape index (κ3) is 4.97. The highest BCUT2D eigenvalue weighted by Gasteiger charge is 2.48. The first-order chi connectivity index (χ1) is 14.2. The summed E-state index contributed by atoms with van der Waals surface area (Å²) < 4.78 is 11.0. The number of amides is 2. The van der Waals surface area contributed by atoms with Crippen LogP contribution in [0.1, 0.15) is 44.2 Å². The van der Waals surface area contributed by atoms with Crippen molar-refractivity contribution in [2.75, 3.05) is 0 Å². The molecule has 7 nitrogen and oxygen atoms in total. The molecule has 2 atom stereocenters. The molecule has 0 bridgehead atoms. The predicted octanol–water partition coefficient (Wildman–Crippen LogP) is 3.97. The lowest BCUT2D eigenvalue weighted by molar-refractivity contribution is -0.145. The molecule has 3 rings (SSSR count). The van der Waals surface area contributed by atoms with E-state index >= 15 is 0 Å². The summed E-state index contributed by atoms with van der Waals surface area (Å²) in [6.07, 6.45) is -0.942. The van der Waals surface area contributed by atoms with Gasteiger partial charge >= 0.3 is 12.1 Å². The zero-order chi connectivity index (χ0) is 21.9. The Morgan fingerprint density at radius 3 is 2.27 bits per heavy atom. The number of imide groups is 1. The van der Waals surface area contributed by atoms with Crippen molar-refractivity contribution < 1.29 is 29.0 Å². The molecule has 158 valence electrons.